The van der Waals surface area contributed by atoms with E-state index in [2.05, 4.69) is 28.9 Å². The van der Waals surface area contributed by atoms with Crippen molar-refractivity contribution in [3.8, 4) is 11.8 Å². The van der Waals surface area contributed by atoms with E-state index in [9.17, 15) is 0 Å². The first kappa shape index (κ1) is 11.1. The quantitative estimate of drug-likeness (QED) is 0.827. The highest BCUT2D eigenvalue weighted by molar-refractivity contribution is 9.10. The molecule has 0 saturated carbocycles. The van der Waals surface area contributed by atoms with Crippen molar-refractivity contribution in [1.82, 2.24) is 0 Å². The van der Waals surface area contributed by atoms with Crippen molar-refractivity contribution in [3.05, 3.63) is 27.7 Å². The first-order valence-electron chi connectivity index (χ1n) is 4.52. The monoisotopic (exact) mass is 253 g/mol. The molecule has 0 N–H and O–H groups in total. The zero-order chi connectivity index (χ0) is 10.6. The number of rotatable bonds is 3. The summed E-state index contributed by atoms with van der Waals surface area (Å²) in [5.74, 6) is 0.798. The standard InChI is InChI=1S/C11H12BrNO/c1-3-4-14-11-6-9(7-13)10(12)5-8(11)2/h5-6H,3-4H2,1-2H3. The minimum atomic E-state index is 0.613. The van der Waals surface area contributed by atoms with Gasteiger partial charge in [0.2, 0.25) is 0 Å². The molecule has 0 atom stereocenters. The van der Waals surface area contributed by atoms with Crippen LogP contribution < -0.4 is 4.74 Å². The van der Waals surface area contributed by atoms with Crippen molar-refractivity contribution in [2.45, 2.75) is 20.3 Å². The molecule has 0 aliphatic rings. The van der Waals surface area contributed by atoms with E-state index in [0.29, 0.717) is 12.2 Å². The zero-order valence-corrected chi connectivity index (χ0v) is 9.89. The predicted molar refractivity (Wildman–Crippen MR) is 59.4 cm³/mol. The molecule has 14 heavy (non-hydrogen) atoms. The summed E-state index contributed by atoms with van der Waals surface area (Å²) in [5, 5.41) is 8.82. The molecule has 0 aliphatic carbocycles. The highest BCUT2D eigenvalue weighted by atomic mass is 79.9. The molecule has 0 spiro atoms. The van der Waals surface area contributed by atoms with Gasteiger partial charge in [0.05, 0.1) is 12.2 Å². The topological polar surface area (TPSA) is 33.0 Å². The van der Waals surface area contributed by atoms with Gasteiger partial charge in [-0.15, -0.1) is 0 Å². The van der Waals surface area contributed by atoms with E-state index in [0.717, 1.165) is 22.2 Å². The highest BCUT2D eigenvalue weighted by Gasteiger charge is 2.05. The Kier molecular flexibility index (Phi) is 3.97. The molecular formula is C11H12BrNO. The molecule has 0 aromatic heterocycles. The number of benzene rings is 1. The van der Waals surface area contributed by atoms with Crippen LogP contribution in [0.2, 0.25) is 0 Å². The molecule has 0 amide bonds. The average Bonchev–Trinajstić information content (AvgIpc) is 2.17. The van der Waals surface area contributed by atoms with Gasteiger partial charge in [-0.25, -0.2) is 0 Å². The van der Waals surface area contributed by atoms with Crippen LogP contribution in [0.1, 0.15) is 24.5 Å². The number of hydrogen-bond donors (Lipinski definition) is 0. The molecule has 74 valence electrons. The smallest absolute Gasteiger partial charge is 0.123 e. The molecular weight excluding hydrogens is 242 g/mol. The van der Waals surface area contributed by atoms with Crippen LogP contribution in [0.15, 0.2) is 16.6 Å². The number of aryl methyl sites for hydroxylation is 1. The molecule has 0 unspecified atom stereocenters. The van der Waals surface area contributed by atoms with Crippen molar-refractivity contribution < 1.29 is 4.74 Å². The van der Waals surface area contributed by atoms with Crippen LogP contribution in [0.4, 0.5) is 0 Å². The Balaban J connectivity index is 3.00. The number of nitrogens with zero attached hydrogens (tertiary/aromatic N) is 1. The van der Waals surface area contributed by atoms with Gasteiger partial charge >= 0.3 is 0 Å². The first-order chi connectivity index (χ1) is 6.69. The molecule has 2 nitrogen and oxygen atoms in total. The van der Waals surface area contributed by atoms with Crippen molar-refractivity contribution in [3.63, 3.8) is 0 Å². The van der Waals surface area contributed by atoms with Gasteiger partial charge in [-0.05, 0) is 47.0 Å². The second kappa shape index (κ2) is 5.02. The fraction of sp³-hybridized carbons (Fsp3) is 0.364. The molecule has 0 saturated heterocycles. The number of ether oxygens (including phenoxy) is 1. The van der Waals surface area contributed by atoms with Gasteiger partial charge < -0.3 is 4.74 Å². The fourth-order valence-corrected chi connectivity index (χ4v) is 1.65. The Bertz CT molecular complexity index is 368. The maximum absolute atomic E-state index is 8.82. The van der Waals surface area contributed by atoms with Crippen LogP contribution in [0.3, 0.4) is 0 Å². The van der Waals surface area contributed by atoms with E-state index in [1.165, 1.54) is 0 Å². The molecule has 0 aliphatic heterocycles. The van der Waals surface area contributed by atoms with Gasteiger partial charge in [0.25, 0.3) is 0 Å². The summed E-state index contributed by atoms with van der Waals surface area (Å²) in [6.07, 6.45) is 0.970. The van der Waals surface area contributed by atoms with E-state index in [1.54, 1.807) is 6.07 Å². The van der Waals surface area contributed by atoms with E-state index >= 15 is 0 Å². The Labute approximate surface area is 92.6 Å². The van der Waals surface area contributed by atoms with Gasteiger partial charge in [0.15, 0.2) is 0 Å². The summed E-state index contributed by atoms with van der Waals surface area (Å²) in [5.41, 5.74) is 1.66. The number of halogens is 1. The molecule has 0 heterocycles. The summed E-state index contributed by atoms with van der Waals surface area (Å²) < 4.78 is 6.33. The molecule has 0 bridgehead atoms. The molecule has 3 heteroatoms. The van der Waals surface area contributed by atoms with Crippen LogP contribution in [0.25, 0.3) is 0 Å². The van der Waals surface area contributed by atoms with E-state index in [1.807, 2.05) is 13.0 Å². The van der Waals surface area contributed by atoms with Gasteiger partial charge in [0, 0.05) is 4.47 Å². The summed E-state index contributed by atoms with van der Waals surface area (Å²) in [7, 11) is 0. The normalized spacial score (nSPS) is 9.57. The average molecular weight is 254 g/mol. The molecule has 0 radical (unpaired) electrons. The molecule has 0 fully saturated rings. The lowest BCUT2D eigenvalue weighted by molar-refractivity contribution is 0.315. The second-order valence-corrected chi connectivity index (χ2v) is 3.91. The summed E-state index contributed by atoms with van der Waals surface area (Å²) in [6, 6.07) is 5.79. The van der Waals surface area contributed by atoms with Crippen molar-refractivity contribution >= 4 is 15.9 Å². The Morgan fingerprint density at radius 1 is 1.50 bits per heavy atom. The molecule has 1 aromatic rings. The van der Waals surface area contributed by atoms with Crippen LogP contribution in [-0.4, -0.2) is 6.61 Å². The van der Waals surface area contributed by atoms with Crippen LogP contribution in [0, 0.1) is 18.3 Å². The third-order valence-electron chi connectivity index (χ3n) is 1.85. The summed E-state index contributed by atoms with van der Waals surface area (Å²) in [4.78, 5) is 0. The Morgan fingerprint density at radius 3 is 2.79 bits per heavy atom. The maximum atomic E-state index is 8.82. The van der Waals surface area contributed by atoms with Gasteiger partial charge in [-0.2, -0.15) is 5.26 Å². The first-order valence-corrected chi connectivity index (χ1v) is 5.31. The fourth-order valence-electron chi connectivity index (χ4n) is 1.11. The van der Waals surface area contributed by atoms with Crippen LogP contribution in [0.5, 0.6) is 5.75 Å². The van der Waals surface area contributed by atoms with Crippen molar-refractivity contribution in [1.29, 1.82) is 5.26 Å². The SMILES string of the molecule is CCCOc1cc(C#N)c(Br)cc1C. The van der Waals surface area contributed by atoms with E-state index in [4.69, 9.17) is 10.00 Å². The minimum Gasteiger partial charge on any atom is -0.493 e. The molecule has 1 aromatic carbocycles. The summed E-state index contributed by atoms with van der Waals surface area (Å²) in [6.45, 7) is 4.71. The lowest BCUT2D eigenvalue weighted by atomic mass is 10.1. The highest BCUT2D eigenvalue weighted by Crippen LogP contribution is 2.26. The zero-order valence-electron chi connectivity index (χ0n) is 8.30. The summed E-state index contributed by atoms with van der Waals surface area (Å²) >= 11 is 3.33. The maximum Gasteiger partial charge on any atom is 0.123 e. The van der Waals surface area contributed by atoms with Crippen LogP contribution in [-0.2, 0) is 0 Å². The molecule has 1 rings (SSSR count). The van der Waals surface area contributed by atoms with Gasteiger partial charge in [0.1, 0.15) is 11.8 Å². The number of nitriles is 1. The van der Waals surface area contributed by atoms with E-state index in [-0.39, 0.29) is 0 Å². The number of hydrogen-bond acceptors (Lipinski definition) is 2. The Morgan fingerprint density at radius 2 is 2.21 bits per heavy atom. The third-order valence-corrected chi connectivity index (χ3v) is 2.50. The second-order valence-electron chi connectivity index (χ2n) is 3.06. The van der Waals surface area contributed by atoms with Crippen molar-refractivity contribution in [2.75, 3.05) is 6.61 Å². The van der Waals surface area contributed by atoms with E-state index < -0.39 is 0 Å². The van der Waals surface area contributed by atoms with Gasteiger partial charge in [-0.3, -0.25) is 0 Å². The third kappa shape index (κ3) is 2.49. The lowest BCUT2D eigenvalue weighted by Gasteiger charge is -2.09. The minimum absolute atomic E-state index is 0.613. The van der Waals surface area contributed by atoms with Crippen LogP contribution >= 0.6 is 15.9 Å². The van der Waals surface area contributed by atoms with Gasteiger partial charge in [-0.1, -0.05) is 6.92 Å². The lowest BCUT2D eigenvalue weighted by Crippen LogP contribution is -1.97. The predicted octanol–water partition coefficient (Wildman–Crippen LogP) is 3.42. The Hall–Kier alpha value is -1.01. The largest absolute Gasteiger partial charge is 0.493 e. The van der Waals surface area contributed by atoms with Crippen molar-refractivity contribution in [2.24, 2.45) is 0 Å².